The van der Waals surface area contributed by atoms with E-state index < -0.39 is 0 Å². The Kier molecular flexibility index (Phi) is 13.6. The molecule has 0 radical (unpaired) electrons. The van der Waals surface area contributed by atoms with Crippen molar-refractivity contribution in [1.82, 2.24) is 0 Å². The molecule has 0 aromatic carbocycles. The van der Waals surface area contributed by atoms with Gasteiger partial charge in [0.15, 0.2) is 0 Å². The lowest BCUT2D eigenvalue weighted by atomic mass is 10.0. The molecule has 0 bridgehead atoms. The molecule has 0 saturated heterocycles. The first kappa shape index (κ1) is 19.5. The number of hydrogen-bond donors (Lipinski definition) is 0. The number of unbranched alkanes of at least 4 members (excludes halogenated alkanes) is 14. The first-order valence-electron chi connectivity index (χ1n) is 10.3. The number of allylic oxidation sites excluding steroid dienone is 4. The molecule has 0 N–H and O–H groups in total. The highest BCUT2D eigenvalue weighted by Gasteiger charge is 2.02. The van der Waals surface area contributed by atoms with Crippen LogP contribution in [0.3, 0.4) is 0 Å². The molecule has 0 heterocycles. The molecule has 22 heavy (non-hydrogen) atoms. The summed E-state index contributed by atoms with van der Waals surface area (Å²) < 4.78 is 0. The Labute approximate surface area is 140 Å². The van der Waals surface area contributed by atoms with Crippen molar-refractivity contribution in [2.24, 2.45) is 5.92 Å². The van der Waals surface area contributed by atoms with Gasteiger partial charge in [0.1, 0.15) is 0 Å². The second kappa shape index (κ2) is 15.4. The van der Waals surface area contributed by atoms with Crippen LogP contribution < -0.4 is 0 Å². The molecule has 0 fully saturated rings. The van der Waals surface area contributed by atoms with Crippen LogP contribution in [0.25, 0.3) is 0 Å². The minimum Gasteiger partial charge on any atom is -0.0776 e. The molecule has 0 aromatic heterocycles. The van der Waals surface area contributed by atoms with E-state index in [0.717, 1.165) is 5.92 Å². The van der Waals surface area contributed by atoms with E-state index in [1.807, 2.05) is 0 Å². The van der Waals surface area contributed by atoms with Crippen LogP contribution in [0.4, 0.5) is 0 Å². The molecule has 1 rings (SSSR count). The smallest absolute Gasteiger partial charge is 0.00473 e. The molecule has 1 aliphatic rings. The SMILES string of the molecule is CCCCCCCCCCCCCCCCCC1C=CC=C1. The third kappa shape index (κ3) is 12.1. The maximum Gasteiger partial charge on any atom is -0.00473 e. The minimum atomic E-state index is 0.752. The largest absolute Gasteiger partial charge is 0.0776 e. The third-order valence-corrected chi connectivity index (χ3v) is 4.97. The van der Waals surface area contributed by atoms with E-state index in [9.17, 15) is 0 Å². The minimum absolute atomic E-state index is 0.752. The van der Waals surface area contributed by atoms with Gasteiger partial charge in [-0.2, -0.15) is 0 Å². The standard InChI is InChI=1S/C22H40/c1-2-3-4-5-6-7-8-9-10-11-12-13-14-15-16-19-22-20-17-18-21-22/h17-18,20-22H,2-16,19H2,1H3. The topological polar surface area (TPSA) is 0 Å². The van der Waals surface area contributed by atoms with Gasteiger partial charge in [-0.25, -0.2) is 0 Å². The third-order valence-electron chi connectivity index (χ3n) is 4.97. The highest BCUT2D eigenvalue weighted by molar-refractivity contribution is 5.17. The summed E-state index contributed by atoms with van der Waals surface area (Å²) in [4.78, 5) is 0. The van der Waals surface area contributed by atoms with Crippen molar-refractivity contribution in [1.29, 1.82) is 0 Å². The summed E-state index contributed by atoms with van der Waals surface area (Å²) in [6, 6.07) is 0. The van der Waals surface area contributed by atoms with E-state index in [0.29, 0.717) is 0 Å². The summed E-state index contributed by atoms with van der Waals surface area (Å²) in [6.45, 7) is 2.30. The molecule has 0 spiro atoms. The van der Waals surface area contributed by atoms with E-state index in [1.54, 1.807) is 0 Å². The molecular weight excluding hydrogens is 264 g/mol. The van der Waals surface area contributed by atoms with Crippen LogP contribution in [0, 0.1) is 5.92 Å². The molecule has 0 atom stereocenters. The number of hydrogen-bond acceptors (Lipinski definition) is 0. The van der Waals surface area contributed by atoms with Crippen molar-refractivity contribution in [3.05, 3.63) is 24.3 Å². The molecular formula is C22H40. The van der Waals surface area contributed by atoms with Crippen LogP contribution in [0.15, 0.2) is 24.3 Å². The predicted molar refractivity (Wildman–Crippen MR) is 101 cm³/mol. The van der Waals surface area contributed by atoms with Crippen molar-refractivity contribution in [3.63, 3.8) is 0 Å². The Morgan fingerprint density at radius 1 is 0.500 bits per heavy atom. The molecule has 1 aliphatic carbocycles. The van der Waals surface area contributed by atoms with Crippen molar-refractivity contribution in [3.8, 4) is 0 Å². The van der Waals surface area contributed by atoms with E-state index >= 15 is 0 Å². The zero-order chi connectivity index (χ0) is 15.7. The van der Waals surface area contributed by atoms with Crippen LogP contribution in [0.2, 0.25) is 0 Å². The van der Waals surface area contributed by atoms with Crippen molar-refractivity contribution >= 4 is 0 Å². The highest BCUT2D eigenvalue weighted by Crippen LogP contribution is 2.18. The maximum atomic E-state index is 2.34. The Morgan fingerprint density at radius 3 is 1.27 bits per heavy atom. The van der Waals surface area contributed by atoms with Gasteiger partial charge >= 0.3 is 0 Å². The fraction of sp³-hybridized carbons (Fsp3) is 0.818. The zero-order valence-electron chi connectivity index (χ0n) is 15.2. The van der Waals surface area contributed by atoms with Gasteiger partial charge in [0.25, 0.3) is 0 Å². The summed E-state index contributed by atoms with van der Waals surface area (Å²) in [5.74, 6) is 0.752. The van der Waals surface area contributed by atoms with Crippen LogP contribution in [0.5, 0.6) is 0 Å². The lowest BCUT2D eigenvalue weighted by molar-refractivity contribution is 0.524. The average molecular weight is 305 g/mol. The van der Waals surface area contributed by atoms with Gasteiger partial charge in [-0.3, -0.25) is 0 Å². The molecule has 0 heteroatoms. The molecule has 0 aromatic rings. The summed E-state index contributed by atoms with van der Waals surface area (Å²) in [6.07, 6.45) is 32.3. The second-order valence-corrected chi connectivity index (χ2v) is 7.17. The summed E-state index contributed by atoms with van der Waals surface area (Å²) in [7, 11) is 0. The van der Waals surface area contributed by atoms with Crippen LogP contribution in [-0.4, -0.2) is 0 Å². The number of rotatable bonds is 16. The highest BCUT2D eigenvalue weighted by atomic mass is 14.1. The Hall–Kier alpha value is -0.520. The lowest BCUT2D eigenvalue weighted by Crippen LogP contribution is -1.89. The molecule has 0 saturated carbocycles. The summed E-state index contributed by atoms with van der Waals surface area (Å²) in [5.41, 5.74) is 0. The molecule has 0 unspecified atom stereocenters. The normalized spacial score (nSPS) is 14.2. The average Bonchev–Trinajstić information content (AvgIpc) is 3.04. The van der Waals surface area contributed by atoms with Crippen LogP contribution in [-0.2, 0) is 0 Å². The molecule has 128 valence electrons. The first-order valence-corrected chi connectivity index (χ1v) is 10.3. The van der Waals surface area contributed by atoms with E-state index in [1.165, 1.54) is 103 Å². The van der Waals surface area contributed by atoms with Gasteiger partial charge in [0.05, 0.1) is 0 Å². The van der Waals surface area contributed by atoms with Crippen molar-refractivity contribution in [2.75, 3.05) is 0 Å². The van der Waals surface area contributed by atoms with Gasteiger partial charge in [-0.1, -0.05) is 128 Å². The van der Waals surface area contributed by atoms with Crippen molar-refractivity contribution < 1.29 is 0 Å². The molecule has 0 amide bonds. The zero-order valence-corrected chi connectivity index (χ0v) is 15.2. The molecule has 0 nitrogen and oxygen atoms in total. The Morgan fingerprint density at radius 2 is 0.864 bits per heavy atom. The fourth-order valence-electron chi connectivity index (χ4n) is 3.42. The Balaban J connectivity index is 1.66. The lowest BCUT2D eigenvalue weighted by Gasteiger charge is -2.05. The maximum absolute atomic E-state index is 2.34. The van der Waals surface area contributed by atoms with Gasteiger partial charge < -0.3 is 0 Å². The van der Waals surface area contributed by atoms with Gasteiger partial charge in [0.2, 0.25) is 0 Å². The van der Waals surface area contributed by atoms with E-state index in [4.69, 9.17) is 0 Å². The first-order chi connectivity index (χ1) is 10.9. The summed E-state index contributed by atoms with van der Waals surface area (Å²) >= 11 is 0. The van der Waals surface area contributed by atoms with Crippen LogP contribution in [0.1, 0.15) is 110 Å². The van der Waals surface area contributed by atoms with Gasteiger partial charge in [-0.15, -0.1) is 0 Å². The summed E-state index contributed by atoms with van der Waals surface area (Å²) in [5, 5.41) is 0. The van der Waals surface area contributed by atoms with E-state index in [2.05, 4.69) is 31.2 Å². The second-order valence-electron chi connectivity index (χ2n) is 7.17. The van der Waals surface area contributed by atoms with Gasteiger partial charge in [0, 0.05) is 0 Å². The fourth-order valence-corrected chi connectivity index (χ4v) is 3.42. The van der Waals surface area contributed by atoms with Crippen LogP contribution >= 0.6 is 0 Å². The van der Waals surface area contributed by atoms with Gasteiger partial charge in [-0.05, 0) is 12.3 Å². The molecule has 0 aliphatic heterocycles. The van der Waals surface area contributed by atoms with E-state index in [-0.39, 0.29) is 0 Å². The Bertz CT molecular complexity index is 262. The van der Waals surface area contributed by atoms with Crippen molar-refractivity contribution in [2.45, 2.75) is 110 Å². The quantitative estimate of drug-likeness (QED) is 0.253. The predicted octanol–water partition coefficient (Wildman–Crippen LogP) is 7.99. The monoisotopic (exact) mass is 304 g/mol.